The van der Waals surface area contributed by atoms with E-state index >= 15 is 0 Å². The van der Waals surface area contributed by atoms with Crippen LogP contribution in [0.5, 0.6) is 0 Å². The number of pyridine rings is 1. The van der Waals surface area contributed by atoms with Crippen molar-refractivity contribution < 1.29 is 9.59 Å². The van der Waals surface area contributed by atoms with E-state index in [9.17, 15) is 9.59 Å². The molecule has 1 aromatic carbocycles. The van der Waals surface area contributed by atoms with Gasteiger partial charge in [-0.05, 0) is 79.9 Å². The summed E-state index contributed by atoms with van der Waals surface area (Å²) < 4.78 is 0. The summed E-state index contributed by atoms with van der Waals surface area (Å²) in [7, 11) is 0. The lowest BCUT2D eigenvalue weighted by molar-refractivity contribution is -0.133. The number of nitrogens with one attached hydrogen (secondary N) is 2. The zero-order valence-electron chi connectivity index (χ0n) is 22.9. The first-order valence-electron chi connectivity index (χ1n) is 14.0. The Morgan fingerprint density at radius 3 is 2.41 bits per heavy atom. The first-order valence-corrected chi connectivity index (χ1v) is 14.0. The second kappa shape index (κ2) is 11.3. The third-order valence-corrected chi connectivity index (χ3v) is 9.54. The van der Waals surface area contributed by atoms with Crippen LogP contribution in [0.4, 0.5) is 5.69 Å². The van der Waals surface area contributed by atoms with Crippen LogP contribution in [-0.4, -0.2) is 29.4 Å². The molecule has 6 atom stereocenters. The molecular formula is C31H44N4O2. The van der Waals surface area contributed by atoms with Gasteiger partial charge in [-0.1, -0.05) is 58.0 Å². The second-order valence-corrected chi connectivity index (χ2v) is 11.9. The molecule has 1 heterocycles. The molecule has 6 nitrogen and oxygen atoms in total. The Bertz CT molecular complexity index is 1050. The fourth-order valence-electron chi connectivity index (χ4n) is 7.42. The molecule has 6 unspecified atom stereocenters. The molecule has 200 valence electrons. The number of anilines is 1. The summed E-state index contributed by atoms with van der Waals surface area (Å²) in [6.07, 6.45) is 8.96. The Balaban J connectivity index is 1.45. The smallest absolute Gasteiger partial charge is 0.237 e. The average Bonchev–Trinajstić information content (AvgIpc) is 2.90. The van der Waals surface area contributed by atoms with Crippen molar-refractivity contribution in [1.82, 2.24) is 10.3 Å². The fourth-order valence-corrected chi connectivity index (χ4v) is 7.42. The Labute approximate surface area is 222 Å². The Morgan fingerprint density at radius 2 is 1.76 bits per heavy atom. The molecule has 0 aliphatic heterocycles. The lowest BCUT2D eigenvalue weighted by Crippen LogP contribution is -2.56. The minimum atomic E-state index is -0.575. The molecule has 4 N–H and O–H groups in total. The summed E-state index contributed by atoms with van der Waals surface area (Å²) in [6, 6.07) is 13.5. The highest BCUT2D eigenvalue weighted by Crippen LogP contribution is 2.53. The number of nitrogens with zero attached hydrogens (tertiary/aromatic N) is 1. The number of amides is 2. The quantitative estimate of drug-likeness (QED) is 0.432. The molecule has 2 saturated carbocycles. The molecule has 2 fully saturated rings. The lowest BCUT2D eigenvalue weighted by atomic mass is 9.54. The predicted molar refractivity (Wildman–Crippen MR) is 149 cm³/mol. The van der Waals surface area contributed by atoms with Crippen LogP contribution < -0.4 is 16.4 Å². The molecule has 2 amide bonds. The minimum absolute atomic E-state index is 0.0539. The monoisotopic (exact) mass is 504 g/mol. The second-order valence-electron chi connectivity index (χ2n) is 11.9. The maximum atomic E-state index is 13.5. The van der Waals surface area contributed by atoms with Crippen LogP contribution in [0.3, 0.4) is 0 Å². The molecule has 4 rings (SSSR count). The van der Waals surface area contributed by atoms with E-state index in [2.05, 4.69) is 67.6 Å². The molecule has 37 heavy (non-hydrogen) atoms. The van der Waals surface area contributed by atoms with Crippen LogP contribution in [-0.2, 0) is 15.0 Å². The molecule has 6 heteroatoms. The fraction of sp³-hybridized carbons (Fsp3) is 0.581. The van der Waals surface area contributed by atoms with Crippen LogP contribution in [0.25, 0.3) is 0 Å². The van der Waals surface area contributed by atoms with Gasteiger partial charge in [0.1, 0.15) is 0 Å². The average molecular weight is 505 g/mol. The minimum Gasteiger partial charge on any atom is -0.354 e. The van der Waals surface area contributed by atoms with Crippen LogP contribution in [0.1, 0.15) is 71.8 Å². The molecule has 2 aliphatic carbocycles. The number of hydrogen-bond acceptors (Lipinski definition) is 4. The number of aromatic nitrogens is 1. The standard InChI is InChI=1S/C31H44N4O2/c1-5-31(6-2,24-10-8-7-9-11-24)20-34-28(36)27(32)26-21(3)16-22-17-23(26)19-30(4,18-22)29(37)35-25-12-14-33-15-13-25/h7-15,21-23,26-27H,5-6,16-20,32H2,1-4H3,(H,34,36)(H,33,35,37). The van der Waals surface area contributed by atoms with Gasteiger partial charge in [-0.2, -0.15) is 0 Å². The molecule has 2 bridgehead atoms. The third kappa shape index (κ3) is 5.74. The molecule has 0 saturated heterocycles. The van der Waals surface area contributed by atoms with Gasteiger partial charge >= 0.3 is 0 Å². The molecule has 2 aromatic rings. The normalized spacial score (nSPS) is 28.2. The van der Waals surface area contributed by atoms with Gasteiger partial charge in [0, 0.05) is 35.5 Å². The van der Waals surface area contributed by atoms with Crippen LogP contribution in [0.15, 0.2) is 54.9 Å². The van der Waals surface area contributed by atoms with Crippen LogP contribution >= 0.6 is 0 Å². The summed E-state index contributed by atoms with van der Waals surface area (Å²) in [5.74, 6) is 1.16. The Kier molecular flexibility index (Phi) is 8.37. The first-order chi connectivity index (χ1) is 17.7. The number of fused-ring (bicyclic) bond motifs is 2. The Hall–Kier alpha value is -2.73. The van der Waals surface area contributed by atoms with Gasteiger partial charge in [0.2, 0.25) is 11.8 Å². The maximum Gasteiger partial charge on any atom is 0.237 e. The highest BCUT2D eigenvalue weighted by molar-refractivity contribution is 5.95. The molecular weight excluding hydrogens is 460 g/mol. The SMILES string of the molecule is CCC(CC)(CNC(=O)C(N)C1C(C)CC2CC1CC(C)(C(=O)Nc1ccncc1)C2)c1ccccc1. The molecule has 2 aliphatic rings. The third-order valence-electron chi connectivity index (χ3n) is 9.54. The lowest BCUT2D eigenvalue weighted by Gasteiger charge is -2.51. The van der Waals surface area contributed by atoms with E-state index in [1.54, 1.807) is 12.4 Å². The van der Waals surface area contributed by atoms with Gasteiger partial charge in [-0.25, -0.2) is 0 Å². The van der Waals surface area contributed by atoms with Crippen molar-refractivity contribution >= 4 is 17.5 Å². The van der Waals surface area contributed by atoms with Crippen LogP contribution in [0, 0.1) is 29.1 Å². The van der Waals surface area contributed by atoms with Gasteiger partial charge in [0.25, 0.3) is 0 Å². The van der Waals surface area contributed by atoms with Gasteiger partial charge in [-0.15, -0.1) is 0 Å². The van der Waals surface area contributed by atoms with Crippen molar-refractivity contribution in [1.29, 1.82) is 0 Å². The predicted octanol–water partition coefficient (Wildman–Crippen LogP) is 5.30. The van der Waals surface area contributed by atoms with Gasteiger partial charge < -0.3 is 16.4 Å². The van der Waals surface area contributed by atoms with E-state index in [1.807, 2.05) is 18.2 Å². The summed E-state index contributed by atoms with van der Waals surface area (Å²) in [4.78, 5) is 30.9. The number of nitrogens with two attached hydrogens (primary N) is 1. The van der Waals surface area contributed by atoms with Gasteiger partial charge in [-0.3, -0.25) is 14.6 Å². The molecule has 0 spiro atoms. The van der Waals surface area contributed by atoms with E-state index in [0.29, 0.717) is 18.4 Å². The van der Waals surface area contributed by atoms with E-state index in [1.165, 1.54) is 5.56 Å². The van der Waals surface area contributed by atoms with Gasteiger partial charge in [0.15, 0.2) is 0 Å². The van der Waals surface area contributed by atoms with Crippen molar-refractivity contribution in [3.8, 4) is 0 Å². The summed E-state index contributed by atoms with van der Waals surface area (Å²) in [5, 5.41) is 6.34. The van der Waals surface area contributed by atoms with E-state index < -0.39 is 11.5 Å². The molecule has 1 aromatic heterocycles. The van der Waals surface area contributed by atoms with E-state index in [0.717, 1.165) is 44.2 Å². The highest BCUT2D eigenvalue weighted by Gasteiger charge is 2.51. The Morgan fingerprint density at radius 1 is 1.08 bits per heavy atom. The van der Waals surface area contributed by atoms with E-state index in [-0.39, 0.29) is 29.1 Å². The summed E-state index contributed by atoms with van der Waals surface area (Å²) in [5.41, 5.74) is 8.19. The van der Waals surface area contributed by atoms with Crippen molar-refractivity contribution in [3.05, 3.63) is 60.4 Å². The highest BCUT2D eigenvalue weighted by atomic mass is 16.2. The van der Waals surface area contributed by atoms with Crippen molar-refractivity contribution in [2.75, 3.05) is 11.9 Å². The number of carbonyl (C=O) groups excluding carboxylic acids is 2. The van der Waals surface area contributed by atoms with Crippen molar-refractivity contribution in [3.63, 3.8) is 0 Å². The largest absolute Gasteiger partial charge is 0.354 e. The zero-order valence-corrected chi connectivity index (χ0v) is 22.9. The van der Waals surface area contributed by atoms with Crippen molar-refractivity contribution in [2.24, 2.45) is 34.8 Å². The van der Waals surface area contributed by atoms with Gasteiger partial charge in [0.05, 0.1) is 6.04 Å². The molecule has 0 radical (unpaired) electrons. The summed E-state index contributed by atoms with van der Waals surface area (Å²) >= 11 is 0. The number of rotatable bonds is 9. The zero-order chi connectivity index (χ0) is 26.6. The first kappa shape index (κ1) is 27.3. The topological polar surface area (TPSA) is 97.1 Å². The van der Waals surface area contributed by atoms with Crippen LogP contribution in [0.2, 0.25) is 0 Å². The maximum absolute atomic E-state index is 13.5. The number of carbonyl (C=O) groups is 2. The van der Waals surface area contributed by atoms with E-state index in [4.69, 9.17) is 5.73 Å². The number of benzene rings is 1. The summed E-state index contributed by atoms with van der Waals surface area (Å²) in [6.45, 7) is 9.27. The number of hydrogen-bond donors (Lipinski definition) is 3. The van der Waals surface area contributed by atoms with Crippen molar-refractivity contribution in [2.45, 2.75) is 77.7 Å².